The summed E-state index contributed by atoms with van der Waals surface area (Å²) in [6.45, 7) is 3.12. The molecule has 1 spiro atoms. The summed E-state index contributed by atoms with van der Waals surface area (Å²) < 4.78 is 11.0. The van der Waals surface area contributed by atoms with Crippen LogP contribution in [0.4, 0.5) is 0 Å². The molecule has 3 aliphatic rings. The van der Waals surface area contributed by atoms with Gasteiger partial charge in [-0.1, -0.05) is 12.8 Å². The largest absolute Gasteiger partial charge is 0.364 e. The molecule has 1 saturated heterocycles. The Morgan fingerprint density at radius 1 is 1.21 bits per heavy atom. The first-order valence-corrected chi connectivity index (χ1v) is 10.1. The summed E-state index contributed by atoms with van der Waals surface area (Å²) in [4.78, 5) is 27.8. The smallest absolute Gasteiger partial charge is 0.332 e. The van der Waals surface area contributed by atoms with Crippen LogP contribution in [-0.2, 0) is 31.5 Å². The molecule has 0 bridgehead atoms. The summed E-state index contributed by atoms with van der Waals surface area (Å²) in [6.07, 6.45) is 8.75. The van der Waals surface area contributed by atoms with Gasteiger partial charge in [-0.05, 0) is 19.3 Å². The minimum absolute atomic E-state index is 0.0587. The third-order valence-corrected chi connectivity index (χ3v) is 6.36. The number of rotatable bonds is 3. The van der Waals surface area contributed by atoms with E-state index in [0.29, 0.717) is 12.4 Å². The van der Waals surface area contributed by atoms with Crippen LogP contribution in [0.15, 0.2) is 22.0 Å². The fraction of sp³-hybridized carbons (Fsp3) is 0.684. The minimum atomic E-state index is -0.488. The molecule has 0 amide bonds. The summed E-state index contributed by atoms with van der Waals surface area (Å²) in [6, 6.07) is 0.0587. The monoisotopic (exact) mass is 386 g/mol. The van der Waals surface area contributed by atoms with Crippen LogP contribution in [-0.4, -0.2) is 47.7 Å². The van der Waals surface area contributed by atoms with Crippen LogP contribution in [0.2, 0.25) is 0 Å². The molecule has 1 aliphatic carbocycles. The number of aryl methyl sites for hydroxylation is 1. The number of hydrogen-bond acceptors (Lipinski definition) is 6. The van der Waals surface area contributed by atoms with Crippen LogP contribution >= 0.6 is 0 Å². The molecule has 1 atom stereocenters. The SMILES string of the molecule is Cn1cc(CN2CCC3(C2)Cn2c(nn(C4CCCC4)c(=O)c2=O)CO3)cn1. The van der Waals surface area contributed by atoms with Gasteiger partial charge in [-0.25, -0.2) is 4.68 Å². The molecule has 9 nitrogen and oxygen atoms in total. The van der Waals surface area contributed by atoms with Crippen LogP contribution in [0.25, 0.3) is 0 Å². The fourth-order valence-corrected chi connectivity index (χ4v) is 4.89. The molecule has 2 aromatic rings. The molecular weight excluding hydrogens is 360 g/mol. The van der Waals surface area contributed by atoms with Gasteiger partial charge in [-0.3, -0.25) is 23.7 Å². The number of ether oxygens (including phenoxy) is 1. The van der Waals surface area contributed by atoms with E-state index in [1.54, 1.807) is 9.25 Å². The van der Waals surface area contributed by atoms with Gasteiger partial charge in [0.2, 0.25) is 0 Å². The first-order chi connectivity index (χ1) is 13.5. The highest BCUT2D eigenvalue weighted by atomic mass is 16.5. The second-order valence-corrected chi connectivity index (χ2v) is 8.45. The number of fused-ring (bicyclic) bond motifs is 1. The minimum Gasteiger partial charge on any atom is -0.364 e. The van der Waals surface area contributed by atoms with Crippen molar-refractivity contribution in [2.75, 3.05) is 13.1 Å². The number of nitrogens with zero attached hydrogens (tertiary/aromatic N) is 6. The normalized spacial score (nSPS) is 25.6. The second kappa shape index (κ2) is 6.66. The van der Waals surface area contributed by atoms with Gasteiger partial charge in [-0.15, -0.1) is 0 Å². The Balaban J connectivity index is 1.37. The first kappa shape index (κ1) is 17.8. The van der Waals surface area contributed by atoms with Gasteiger partial charge in [0.25, 0.3) is 0 Å². The van der Waals surface area contributed by atoms with Crippen LogP contribution in [0.3, 0.4) is 0 Å². The van der Waals surface area contributed by atoms with Crippen molar-refractivity contribution in [3.63, 3.8) is 0 Å². The van der Waals surface area contributed by atoms with E-state index in [1.165, 1.54) is 4.68 Å². The summed E-state index contributed by atoms with van der Waals surface area (Å²) in [5, 5.41) is 8.74. The molecule has 0 radical (unpaired) electrons. The van der Waals surface area contributed by atoms with Gasteiger partial charge < -0.3 is 4.74 Å². The first-order valence-electron chi connectivity index (χ1n) is 10.1. The quantitative estimate of drug-likeness (QED) is 0.711. The average molecular weight is 386 g/mol. The van der Waals surface area contributed by atoms with E-state index in [4.69, 9.17) is 4.74 Å². The number of hydrogen-bond donors (Lipinski definition) is 0. The van der Waals surface area contributed by atoms with Crippen LogP contribution < -0.4 is 11.1 Å². The van der Waals surface area contributed by atoms with E-state index in [9.17, 15) is 9.59 Å². The second-order valence-electron chi connectivity index (χ2n) is 8.45. The summed E-state index contributed by atoms with van der Waals surface area (Å²) in [7, 11) is 1.91. The van der Waals surface area contributed by atoms with Crippen LogP contribution in [0.5, 0.6) is 0 Å². The highest BCUT2D eigenvalue weighted by Crippen LogP contribution is 2.32. The topological polar surface area (TPSA) is 87.2 Å². The molecule has 1 unspecified atom stereocenters. The Morgan fingerprint density at radius 3 is 2.79 bits per heavy atom. The van der Waals surface area contributed by atoms with E-state index in [1.807, 2.05) is 19.4 Å². The van der Waals surface area contributed by atoms with Crippen molar-refractivity contribution < 1.29 is 4.74 Å². The van der Waals surface area contributed by atoms with Gasteiger partial charge in [0, 0.05) is 38.4 Å². The van der Waals surface area contributed by atoms with Crippen molar-refractivity contribution in [1.29, 1.82) is 0 Å². The van der Waals surface area contributed by atoms with E-state index < -0.39 is 16.7 Å². The molecule has 2 aromatic heterocycles. The number of likely N-dealkylation sites (tertiary alicyclic amines) is 1. The van der Waals surface area contributed by atoms with Gasteiger partial charge in [0.1, 0.15) is 12.2 Å². The van der Waals surface area contributed by atoms with Crippen molar-refractivity contribution in [2.45, 2.75) is 63.4 Å². The van der Waals surface area contributed by atoms with Crippen molar-refractivity contribution in [2.24, 2.45) is 7.05 Å². The lowest BCUT2D eigenvalue weighted by Crippen LogP contribution is -2.53. The predicted molar refractivity (Wildman–Crippen MR) is 101 cm³/mol. The maximum atomic E-state index is 12.8. The molecule has 9 heteroatoms. The van der Waals surface area contributed by atoms with E-state index in [-0.39, 0.29) is 12.6 Å². The average Bonchev–Trinajstić information content (AvgIpc) is 3.42. The molecule has 0 aromatic carbocycles. The molecule has 1 saturated carbocycles. The van der Waals surface area contributed by atoms with E-state index in [0.717, 1.165) is 57.3 Å². The Hall–Kier alpha value is -2.26. The maximum Gasteiger partial charge on any atom is 0.332 e. The fourth-order valence-electron chi connectivity index (χ4n) is 4.89. The van der Waals surface area contributed by atoms with Gasteiger partial charge in [-0.2, -0.15) is 10.2 Å². The third kappa shape index (κ3) is 3.02. The molecule has 0 N–H and O–H groups in total. The highest BCUT2D eigenvalue weighted by molar-refractivity contribution is 5.07. The Bertz CT molecular complexity index is 1000. The zero-order chi connectivity index (χ0) is 19.3. The molecule has 4 heterocycles. The molecule has 150 valence electrons. The maximum absolute atomic E-state index is 12.8. The third-order valence-electron chi connectivity index (χ3n) is 6.36. The lowest BCUT2D eigenvalue weighted by atomic mass is 10.0. The Kier molecular flexibility index (Phi) is 4.24. The summed E-state index contributed by atoms with van der Waals surface area (Å²) >= 11 is 0. The van der Waals surface area contributed by atoms with Gasteiger partial charge >= 0.3 is 11.1 Å². The molecule has 5 rings (SSSR count). The number of aromatic nitrogens is 5. The zero-order valence-electron chi connectivity index (χ0n) is 16.2. The van der Waals surface area contributed by atoms with Gasteiger partial charge in [0.05, 0.1) is 18.8 Å². The van der Waals surface area contributed by atoms with Crippen molar-refractivity contribution in [1.82, 2.24) is 29.0 Å². The zero-order valence-corrected chi connectivity index (χ0v) is 16.2. The Morgan fingerprint density at radius 2 is 2.04 bits per heavy atom. The van der Waals surface area contributed by atoms with Crippen molar-refractivity contribution in [3.05, 3.63) is 44.5 Å². The van der Waals surface area contributed by atoms with Crippen LogP contribution in [0, 0.1) is 0 Å². The molecule has 28 heavy (non-hydrogen) atoms. The van der Waals surface area contributed by atoms with Crippen molar-refractivity contribution >= 4 is 0 Å². The molecule has 2 aliphatic heterocycles. The van der Waals surface area contributed by atoms with E-state index >= 15 is 0 Å². The van der Waals surface area contributed by atoms with Crippen LogP contribution in [0.1, 0.15) is 49.5 Å². The van der Waals surface area contributed by atoms with Gasteiger partial charge in [0.15, 0.2) is 5.82 Å². The molecule has 2 fully saturated rings. The highest BCUT2D eigenvalue weighted by Gasteiger charge is 2.43. The predicted octanol–water partition coefficient (Wildman–Crippen LogP) is 0.429. The van der Waals surface area contributed by atoms with Crippen molar-refractivity contribution in [3.8, 4) is 0 Å². The standard InChI is InChI=1S/C19H26N6O3/c1-22-9-14(8-20-22)10-23-7-6-19(12-23)13-24-16(11-28-19)21-25(18(27)17(24)26)15-4-2-3-5-15/h8-9,15H,2-7,10-13H2,1H3. The Labute approximate surface area is 162 Å². The lowest BCUT2D eigenvalue weighted by Gasteiger charge is -2.35. The summed E-state index contributed by atoms with van der Waals surface area (Å²) in [5.41, 5.74) is -0.204. The summed E-state index contributed by atoms with van der Waals surface area (Å²) in [5.74, 6) is 0.577. The molecular formula is C19H26N6O3. The lowest BCUT2D eigenvalue weighted by molar-refractivity contribution is -0.0860. The van der Waals surface area contributed by atoms with E-state index in [2.05, 4.69) is 15.1 Å².